The predicted molar refractivity (Wildman–Crippen MR) is 105 cm³/mol. The standard InChI is InChI=1S/C19H23N3O4S/c1-25-15-13-17(21-9-7-20-8-10-21)19-18(14-15)22(11-12-26-19)27(23,24)16-5-3-2-4-6-16/h2-6,13-14,20H,7-12H2,1H3. The molecule has 144 valence electrons. The van der Waals surface area contributed by atoms with Crippen LogP contribution in [0.25, 0.3) is 0 Å². The summed E-state index contributed by atoms with van der Waals surface area (Å²) >= 11 is 0. The molecule has 8 heteroatoms. The summed E-state index contributed by atoms with van der Waals surface area (Å²) in [6, 6.07) is 12.1. The van der Waals surface area contributed by atoms with Crippen molar-refractivity contribution in [3.05, 3.63) is 42.5 Å². The third-order valence-electron chi connectivity index (χ3n) is 4.86. The number of benzene rings is 2. The van der Waals surface area contributed by atoms with Gasteiger partial charge in [-0.05, 0) is 12.1 Å². The van der Waals surface area contributed by atoms with Crippen molar-refractivity contribution in [1.29, 1.82) is 0 Å². The molecule has 1 N–H and O–H groups in total. The van der Waals surface area contributed by atoms with Gasteiger partial charge in [-0.25, -0.2) is 8.42 Å². The van der Waals surface area contributed by atoms with Crippen LogP contribution in [0.5, 0.6) is 11.5 Å². The van der Waals surface area contributed by atoms with Crippen molar-refractivity contribution in [2.75, 3.05) is 55.6 Å². The number of sulfonamides is 1. The Bertz CT molecular complexity index is 912. The number of ether oxygens (including phenoxy) is 2. The first kappa shape index (κ1) is 17.9. The van der Waals surface area contributed by atoms with E-state index >= 15 is 0 Å². The summed E-state index contributed by atoms with van der Waals surface area (Å²) in [7, 11) is -2.09. The van der Waals surface area contributed by atoms with Crippen molar-refractivity contribution in [3.63, 3.8) is 0 Å². The summed E-state index contributed by atoms with van der Waals surface area (Å²) in [4.78, 5) is 2.47. The summed E-state index contributed by atoms with van der Waals surface area (Å²) in [5.74, 6) is 1.21. The molecule has 2 aromatic carbocycles. The van der Waals surface area contributed by atoms with E-state index in [2.05, 4.69) is 10.2 Å². The Labute approximate surface area is 159 Å². The van der Waals surface area contributed by atoms with Gasteiger partial charge in [0.25, 0.3) is 10.0 Å². The maximum absolute atomic E-state index is 13.2. The van der Waals surface area contributed by atoms with Gasteiger partial charge in [-0.1, -0.05) is 18.2 Å². The molecule has 2 aromatic rings. The van der Waals surface area contributed by atoms with Crippen molar-refractivity contribution in [2.24, 2.45) is 0 Å². The molecule has 0 spiro atoms. The van der Waals surface area contributed by atoms with Gasteiger partial charge in [-0.3, -0.25) is 4.31 Å². The van der Waals surface area contributed by atoms with E-state index in [1.165, 1.54) is 4.31 Å². The Hall–Kier alpha value is -2.45. The minimum atomic E-state index is -3.68. The summed E-state index contributed by atoms with van der Waals surface area (Å²) in [5.41, 5.74) is 1.40. The van der Waals surface area contributed by atoms with Crippen molar-refractivity contribution in [1.82, 2.24) is 5.32 Å². The van der Waals surface area contributed by atoms with E-state index in [0.717, 1.165) is 31.9 Å². The highest BCUT2D eigenvalue weighted by Crippen LogP contribution is 2.45. The molecule has 0 aliphatic carbocycles. The summed E-state index contributed by atoms with van der Waals surface area (Å²) < 4.78 is 39.3. The van der Waals surface area contributed by atoms with Crippen LogP contribution >= 0.6 is 0 Å². The first-order valence-electron chi connectivity index (χ1n) is 8.99. The molecule has 0 unspecified atom stereocenters. The highest BCUT2D eigenvalue weighted by atomic mass is 32.2. The lowest BCUT2D eigenvalue weighted by molar-refractivity contribution is 0.314. The Morgan fingerprint density at radius 2 is 1.74 bits per heavy atom. The predicted octanol–water partition coefficient (Wildman–Crippen LogP) is 1.69. The zero-order valence-electron chi connectivity index (χ0n) is 15.2. The van der Waals surface area contributed by atoms with E-state index in [9.17, 15) is 8.42 Å². The minimum Gasteiger partial charge on any atom is -0.497 e. The molecule has 1 fully saturated rings. The molecule has 1 saturated heterocycles. The van der Waals surface area contributed by atoms with Crippen molar-refractivity contribution in [3.8, 4) is 11.5 Å². The second-order valence-corrected chi connectivity index (χ2v) is 8.33. The number of nitrogens with one attached hydrogen (secondary N) is 1. The van der Waals surface area contributed by atoms with Crippen LogP contribution < -0.4 is 24.0 Å². The van der Waals surface area contributed by atoms with Crippen LogP contribution in [0.15, 0.2) is 47.4 Å². The second kappa shape index (κ2) is 7.28. The molecule has 0 saturated carbocycles. The van der Waals surface area contributed by atoms with E-state index in [0.29, 0.717) is 23.8 Å². The highest BCUT2D eigenvalue weighted by Gasteiger charge is 2.33. The monoisotopic (exact) mass is 389 g/mol. The number of rotatable bonds is 4. The van der Waals surface area contributed by atoms with Crippen LogP contribution in [0, 0.1) is 0 Å². The molecule has 2 heterocycles. The van der Waals surface area contributed by atoms with Gasteiger partial charge in [0.2, 0.25) is 0 Å². The first-order valence-corrected chi connectivity index (χ1v) is 10.4. The Kier molecular flexibility index (Phi) is 4.84. The maximum Gasteiger partial charge on any atom is 0.264 e. The number of hydrogen-bond donors (Lipinski definition) is 1. The number of methoxy groups -OCH3 is 1. The number of hydrogen-bond acceptors (Lipinski definition) is 6. The average molecular weight is 389 g/mol. The molecule has 7 nitrogen and oxygen atoms in total. The molecule has 0 bridgehead atoms. The molecular weight excluding hydrogens is 366 g/mol. The molecule has 2 aliphatic heterocycles. The van der Waals surface area contributed by atoms with Crippen LogP contribution in [0.1, 0.15) is 0 Å². The zero-order valence-corrected chi connectivity index (χ0v) is 16.0. The van der Waals surface area contributed by atoms with Crippen LogP contribution in [-0.4, -0.2) is 54.9 Å². The van der Waals surface area contributed by atoms with E-state index in [1.807, 2.05) is 6.07 Å². The third kappa shape index (κ3) is 3.30. The molecule has 27 heavy (non-hydrogen) atoms. The van der Waals surface area contributed by atoms with Crippen molar-refractivity contribution >= 4 is 21.4 Å². The van der Waals surface area contributed by atoms with Crippen LogP contribution in [-0.2, 0) is 10.0 Å². The van der Waals surface area contributed by atoms with E-state index < -0.39 is 10.0 Å². The molecule has 0 radical (unpaired) electrons. The van der Waals surface area contributed by atoms with Gasteiger partial charge in [-0.2, -0.15) is 0 Å². The molecule has 0 amide bonds. The lowest BCUT2D eigenvalue weighted by Crippen LogP contribution is -2.44. The largest absolute Gasteiger partial charge is 0.497 e. The van der Waals surface area contributed by atoms with Crippen LogP contribution in [0.4, 0.5) is 11.4 Å². The molecule has 2 aliphatic rings. The van der Waals surface area contributed by atoms with E-state index in [4.69, 9.17) is 9.47 Å². The Morgan fingerprint density at radius 1 is 1.04 bits per heavy atom. The molecule has 0 aromatic heterocycles. The quantitative estimate of drug-likeness (QED) is 0.858. The summed E-state index contributed by atoms with van der Waals surface area (Å²) in [6.07, 6.45) is 0. The topological polar surface area (TPSA) is 71.1 Å². The number of fused-ring (bicyclic) bond motifs is 1. The van der Waals surface area contributed by atoms with Gasteiger partial charge in [0.15, 0.2) is 5.75 Å². The third-order valence-corrected chi connectivity index (χ3v) is 6.68. The Balaban J connectivity index is 1.82. The smallest absolute Gasteiger partial charge is 0.264 e. The fourth-order valence-electron chi connectivity index (χ4n) is 3.49. The van der Waals surface area contributed by atoms with Gasteiger partial charge in [0.05, 0.1) is 29.9 Å². The fourth-order valence-corrected chi connectivity index (χ4v) is 4.95. The fraction of sp³-hybridized carbons (Fsp3) is 0.368. The van der Waals surface area contributed by atoms with E-state index in [1.54, 1.807) is 43.5 Å². The zero-order chi connectivity index (χ0) is 18.9. The van der Waals surface area contributed by atoms with Gasteiger partial charge >= 0.3 is 0 Å². The number of nitrogens with zero attached hydrogens (tertiary/aromatic N) is 2. The maximum atomic E-state index is 13.2. The van der Waals surface area contributed by atoms with Crippen LogP contribution in [0.3, 0.4) is 0 Å². The van der Waals surface area contributed by atoms with Gasteiger partial charge in [-0.15, -0.1) is 0 Å². The lowest BCUT2D eigenvalue weighted by atomic mass is 10.1. The molecule has 4 rings (SSSR count). The molecule has 0 atom stereocenters. The van der Waals surface area contributed by atoms with Gasteiger partial charge < -0.3 is 19.7 Å². The highest BCUT2D eigenvalue weighted by molar-refractivity contribution is 7.92. The molecular formula is C19H23N3O4S. The lowest BCUT2D eigenvalue weighted by Gasteiger charge is -2.36. The minimum absolute atomic E-state index is 0.262. The average Bonchev–Trinajstić information content (AvgIpc) is 2.73. The SMILES string of the molecule is COc1cc(N2CCNCC2)c2c(c1)N(S(=O)(=O)c1ccccc1)CCO2. The van der Waals surface area contributed by atoms with Crippen LogP contribution in [0.2, 0.25) is 0 Å². The van der Waals surface area contributed by atoms with Gasteiger partial charge in [0.1, 0.15) is 12.4 Å². The Morgan fingerprint density at radius 3 is 2.44 bits per heavy atom. The van der Waals surface area contributed by atoms with Crippen molar-refractivity contribution in [2.45, 2.75) is 4.90 Å². The van der Waals surface area contributed by atoms with Crippen molar-refractivity contribution < 1.29 is 17.9 Å². The summed E-state index contributed by atoms with van der Waals surface area (Å²) in [6.45, 7) is 3.97. The van der Waals surface area contributed by atoms with Gasteiger partial charge in [0, 0.05) is 38.3 Å². The summed E-state index contributed by atoms with van der Waals surface area (Å²) in [5, 5.41) is 3.33. The van der Waals surface area contributed by atoms with E-state index in [-0.39, 0.29) is 11.4 Å². The second-order valence-electron chi connectivity index (χ2n) is 6.47. The normalized spacial score (nSPS) is 17.2. The number of piperazine rings is 1. The first-order chi connectivity index (χ1) is 13.1. The number of anilines is 2.